The minimum absolute atomic E-state index is 0.0459. The van der Waals surface area contributed by atoms with Crippen LogP contribution in [0.2, 0.25) is 0 Å². The van der Waals surface area contributed by atoms with Crippen LogP contribution in [0.15, 0.2) is 22.7 Å². The van der Waals surface area contributed by atoms with Crippen LogP contribution in [0.4, 0.5) is 5.69 Å². The molecular formula is C10H8BrNO2. The quantitative estimate of drug-likeness (QED) is 0.462. The van der Waals surface area contributed by atoms with Crippen LogP contribution in [0.1, 0.15) is 18.4 Å². The number of nitro groups is 1. The first-order chi connectivity index (χ1) is 6.57. The van der Waals surface area contributed by atoms with Gasteiger partial charge >= 0.3 is 0 Å². The number of nitro benzene ring substituents is 1. The van der Waals surface area contributed by atoms with E-state index >= 15 is 0 Å². The topological polar surface area (TPSA) is 43.1 Å². The molecule has 4 heteroatoms. The van der Waals surface area contributed by atoms with Crippen LogP contribution in [-0.2, 0) is 0 Å². The number of nitrogens with zero attached hydrogens (tertiary/aromatic N) is 1. The normalized spacial score (nSPS) is 11.8. The smallest absolute Gasteiger partial charge is 0.258 e. The molecule has 0 spiro atoms. The first kappa shape index (κ1) is 10.7. The highest BCUT2D eigenvalue weighted by Crippen LogP contribution is 2.32. The predicted octanol–water partition coefficient (Wildman–Crippen LogP) is 3.09. The average Bonchev–Trinajstić information content (AvgIpc) is 2.16. The van der Waals surface area contributed by atoms with Crippen LogP contribution >= 0.6 is 15.9 Å². The Balaban J connectivity index is 3.29. The molecule has 0 fully saturated rings. The predicted molar refractivity (Wildman–Crippen MR) is 58.0 cm³/mol. The second-order valence-electron chi connectivity index (χ2n) is 2.83. The van der Waals surface area contributed by atoms with Gasteiger partial charge < -0.3 is 0 Å². The lowest BCUT2D eigenvalue weighted by Gasteiger charge is -2.06. The van der Waals surface area contributed by atoms with Crippen molar-refractivity contribution < 1.29 is 4.92 Å². The fourth-order valence-corrected chi connectivity index (χ4v) is 1.85. The van der Waals surface area contributed by atoms with Crippen molar-refractivity contribution in [2.24, 2.45) is 0 Å². The largest absolute Gasteiger partial charge is 0.283 e. The monoisotopic (exact) mass is 253 g/mol. The van der Waals surface area contributed by atoms with E-state index in [1.54, 1.807) is 12.1 Å². The summed E-state index contributed by atoms with van der Waals surface area (Å²) in [6.45, 7) is 1.82. The summed E-state index contributed by atoms with van der Waals surface area (Å²) in [6.07, 6.45) is 5.26. The molecule has 0 saturated carbocycles. The summed E-state index contributed by atoms with van der Waals surface area (Å²) >= 11 is 3.19. The van der Waals surface area contributed by atoms with Gasteiger partial charge in [-0.05, 0) is 28.4 Å². The second kappa shape index (κ2) is 4.25. The fraction of sp³-hybridized carbons (Fsp3) is 0.200. The zero-order valence-corrected chi connectivity index (χ0v) is 9.11. The Labute approximate surface area is 90.4 Å². The third-order valence-electron chi connectivity index (χ3n) is 1.92. The Morgan fingerprint density at radius 3 is 2.79 bits per heavy atom. The molecule has 0 bridgehead atoms. The Morgan fingerprint density at radius 1 is 1.64 bits per heavy atom. The maximum absolute atomic E-state index is 10.6. The Hall–Kier alpha value is -1.34. The number of benzene rings is 1. The third-order valence-corrected chi connectivity index (χ3v) is 2.79. The van der Waals surface area contributed by atoms with Gasteiger partial charge in [0.25, 0.3) is 5.69 Å². The second-order valence-corrected chi connectivity index (χ2v) is 3.62. The highest BCUT2D eigenvalue weighted by Gasteiger charge is 2.16. The zero-order chi connectivity index (χ0) is 10.7. The van der Waals surface area contributed by atoms with E-state index in [1.165, 1.54) is 6.07 Å². The highest BCUT2D eigenvalue weighted by molar-refractivity contribution is 9.10. The third kappa shape index (κ3) is 1.94. The Morgan fingerprint density at radius 2 is 2.29 bits per heavy atom. The summed E-state index contributed by atoms with van der Waals surface area (Å²) in [7, 11) is 0. The first-order valence-electron chi connectivity index (χ1n) is 3.97. The van der Waals surface area contributed by atoms with E-state index < -0.39 is 4.92 Å². The first-order valence-corrected chi connectivity index (χ1v) is 4.76. The molecule has 0 heterocycles. The molecule has 0 amide bonds. The molecule has 0 aliphatic carbocycles. The molecule has 14 heavy (non-hydrogen) atoms. The number of halogens is 1. The molecule has 0 aliphatic rings. The standard InChI is InChI=1S/C10H8BrNO2/c1-3-7(2)8-5-4-6-9(10(8)11)12(13)14/h1,4-7H,2H3. The van der Waals surface area contributed by atoms with Crippen molar-refractivity contribution in [2.45, 2.75) is 12.8 Å². The van der Waals surface area contributed by atoms with Crippen LogP contribution in [-0.4, -0.2) is 4.92 Å². The molecule has 0 radical (unpaired) electrons. The van der Waals surface area contributed by atoms with Gasteiger partial charge in [-0.1, -0.05) is 18.1 Å². The van der Waals surface area contributed by atoms with Gasteiger partial charge in [0.1, 0.15) is 0 Å². The molecule has 1 unspecified atom stereocenters. The summed E-state index contributed by atoms with van der Waals surface area (Å²) in [5.74, 6) is 2.40. The number of hydrogen-bond acceptors (Lipinski definition) is 2. The molecule has 1 aromatic rings. The van der Waals surface area contributed by atoms with Crippen molar-refractivity contribution >= 4 is 21.6 Å². The maximum Gasteiger partial charge on any atom is 0.283 e. The fourth-order valence-electron chi connectivity index (χ4n) is 1.10. The van der Waals surface area contributed by atoms with Crippen LogP contribution in [0.3, 0.4) is 0 Å². The van der Waals surface area contributed by atoms with E-state index in [4.69, 9.17) is 6.42 Å². The van der Waals surface area contributed by atoms with Crippen molar-refractivity contribution in [3.8, 4) is 12.3 Å². The van der Waals surface area contributed by atoms with Gasteiger partial charge in [0.2, 0.25) is 0 Å². The lowest BCUT2D eigenvalue weighted by atomic mass is 10.0. The Bertz CT molecular complexity index is 409. The van der Waals surface area contributed by atoms with Crippen molar-refractivity contribution in [3.05, 3.63) is 38.3 Å². The summed E-state index contributed by atoms with van der Waals surface area (Å²) in [5, 5.41) is 10.6. The lowest BCUT2D eigenvalue weighted by molar-refractivity contribution is -0.385. The van der Waals surface area contributed by atoms with Crippen LogP contribution in [0.5, 0.6) is 0 Å². The van der Waals surface area contributed by atoms with Gasteiger partial charge in [0, 0.05) is 12.0 Å². The van der Waals surface area contributed by atoms with E-state index in [2.05, 4.69) is 21.9 Å². The van der Waals surface area contributed by atoms with E-state index in [9.17, 15) is 10.1 Å². The molecule has 1 rings (SSSR count). The number of hydrogen-bond donors (Lipinski definition) is 0. The van der Waals surface area contributed by atoms with Crippen LogP contribution < -0.4 is 0 Å². The van der Waals surface area contributed by atoms with E-state index in [0.29, 0.717) is 4.47 Å². The van der Waals surface area contributed by atoms with Crippen LogP contribution in [0, 0.1) is 22.5 Å². The molecule has 0 aromatic heterocycles. The lowest BCUT2D eigenvalue weighted by Crippen LogP contribution is -1.96. The van der Waals surface area contributed by atoms with Crippen molar-refractivity contribution in [1.82, 2.24) is 0 Å². The van der Waals surface area contributed by atoms with E-state index in [0.717, 1.165) is 5.56 Å². The summed E-state index contributed by atoms with van der Waals surface area (Å²) in [5.41, 5.74) is 0.811. The minimum atomic E-state index is -0.434. The average molecular weight is 254 g/mol. The molecule has 0 N–H and O–H groups in total. The number of terminal acetylenes is 1. The van der Waals surface area contributed by atoms with Gasteiger partial charge in [-0.2, -0.15) is 0 Å². The van der Waals surface area contributed by atoms with Gasteiger partial charge in [-0.3, -0.25) is 10.1 Å². The van der Waals surface area contributed by atoms with Gasteiger partial charge in [0.05, 0.1) is 9.40 Å². The molecule has 1 aromatic carbocycles. The molecule has 72 valence electrons. The van der Waals surface area contributed by atoms with Gasteiger partial charge in [0.15, 0.2) is 0 Å². The van der Waals surface area contributed by atoms with Crippen LogP contribution in [0.25, 0.3) is 0 Å². The van der Waals surface area contributed by atoms with Crippen molar-refractivity contribution in [2.75, 3.05) is 0 Å². The van der Waals surface area contributed by atoms with E-state index in [1.807, 2.05) is 6.92 Å². The summed E-state index contributed by atoms with van der Waals surface area (Å²) < 4.78 is 0.468. The SMILES string of the molecule is C#CC(C)c1cccc([N+](=O)[O-])c1Br. The molecule has 0 saturated heterocycles. The molecular weight excluding hydrogens is 246 g/mol. The van der Waals surface area contributed by atoms with Gasteiger partial charge in [-0.15, -0.1) is 6.42 Å². The molecule has 3 nitrogen and oxygen atoms in total. The van der Waals surface area contributed by atoms with E-state index in [-0.39, 0.29) is 11.6 Å². The highest BCUT2D eigenvalue weighted by atomic mass is 79.9. The summed E-state index contributed by atoms with van der Waals surface area (Å²) in [4.78, 5) is 10.2. The number of rotatable bonds is 2. The van der Waals surface area contributed by atoms with Crippen molar-refractivity contribution in [3.63, 3.8) is 0 Å². The Kier molecular flexibility index (Phi) is 3.26. The minimum Gasteiger partial charge on any atom is -0.258 e. The zero-order valence-electron chi connectivity index (χ0n) is 7.53. The van der Waals surface area contributed by atoms with Crippen molar-refractivity contribution in [1.29, 1.82) is 0 Å². The maximum atomic E-state index is 10.6. The molecule has 1 atom stereocenters. The molecule has 0 aliphatic heterocycles. The van der Waals surface area contributed by atoms with Gasteiger partial charge in [-0.25, -0.2) is 0 Å². The summed E-state index contributed by atoms with van der Waals surface area (Å²) in [6, 6.07) is 4.85.